The Bertz CT molecular complexity index is 4810. The minimum absolute atomic E-state index is 0.0305. The van der Waals surface area contributed by atoms with Gasteiger partial charge in [0, 0.05) is 137 Å². The van der Waals surface area contributed by atoms with E-state index in [1.807, 2.05) is 85.3 Å². The number of pyridine rings is 1. The van der Waals surface area contributed by atoms with Crippen LogP contribution in [0.1, 0.15) is 110 Å². The number of β-amino-alcohol motifs (C(OH)–C–C–N with tert-alkyl or cyclic N) is 1. The number of sulfonamides is 1. The van der Waals surface area contributed by atoms with Crippen LogP contribution in [0.15, 0.2) is 165 Å². The lowest BCUT2D eigenvalue weighted by atomic mass is 9.71. The van der Waals surface area contributed by atoms with Crippen molar-refractivity contribution in [3.63, 3.8) is 0 Å². The van der Waals surface area contributed by atoms with E-state index in [0.29, 0.717) is 88.1 Å². The number of nitrogens with zero attached hydrogens (tertiary/aromatic N) is 8. The molecule has 12 rings (SSSR count). The van der Waals surface area contributed by atoms with Crippen molar-refractivity contribution in [1.82, 2.24) is 50.2 Å². The second-order valence-electron chi connectivity index (χ2n) is 31.4. The molecule has 0 saturated carbocycles. The van der Waals surface area contributed by atoms with Crippen LogP contribution in [0.4, 0.5) is 30.4 Å². The van der Waals surface area contributed by atoms with Gasteiger partial charge in [-0.3, -0.25) is 38.7 Å². The Morgan fingerprint density at radius 2 is 1.43 bits per heavy atom. The predicted octanol–water partition coefficient (Wildman–Crippen LogP) is 10.6. The summed E-state index contributed by atoms with van der Waals surface area (Å²) in [5.41, 5.74) is 2.37. The molecule has 4 aliphatic heterocycles. The molecule has 610 valence electrons. The Morgan fingerprint density at radius 3 is 2.08 bits per heavy atom. The number of aliphatic hydroxyl groups excluding tert-OH is 1. The van der Waals surface area contributed by atoms with E-state index < -0.39 is 113 Å². The van der Waals surface area contributed by atoms with Crippen molar-refractivity contribution in [3.8, 4) is 10.4 Å². The Hall–Kier alpha value is -8.50. The van der Waals surface area contributed by atoms with E-state index in [1.165, 1.54) is 46.1 Å². The predicted molar refractivity (Wildman–Crippen MR) is 438 cm³/mol. The van der Waals surface area contributed by atoms with Crippen molar-refractivity contribution in [2.75, 3.05) is 132 Å². The number of sulfone groups is 1. The number of carbonyl (C=O) groups excluding carboxylic acids is 5. The number of aliphatic hydroxyl groups is 1. The van der Waals surface area contributed by atoms with Crippen molar-refractivity contribution >= 4 is 107 Å². The summed E-state index contributed by atoms with van der Waals surface area (Å²) in [5.74, 6) is -2.09. The van der Waals surface area contributed by atoms with Crippen molar-refractivity contribution in [3.05, 3.63) is 184 Å². The van der Waals surface area contributed by atoms with Crippen LogP contribution in [-0.2, 0) is 39.0 Å². The van der Waals surface area contributed by atoms with Crippen LogP contribution in [0.2, 0.25) is 5.02 Å². The van der Waals surface area contributed by atoms with Gasteiger partial charge in [0.1, 0.15) is 22.8 Å². The van der Waals surface area contributed by atoms with Crippen molar-refractivity contribution < 1.29 is 63.8 Å². The van der Waals surface area contributed by atoms with E-state index in [1.54, 1.807) is 61.9 Å². The number of alkyl halides is 3. The monoisotopic (exact) mass is 1660 g/mol. The second-order valence-corrected chi connectivity index (χ2v) is 37.3. The van der Waals surface area contributed by atoms with Gasteiger partial charge in [-0.2, -0.15) is 13.2 Å². The molecule has 7 aromatic rings. The molecule has 4 fully saturated rings. The smallest absolute Gasteiger partial charge is 0.391 e. The van der Waals surface area contributed by atoms with Gasteiger partial charge in [-0.15, -0.1) is 23.1 Å². The van der Waals surface area contributed by atoms with Crippen molar-refractivity contribution in [2.24, 2.45) is 10.8 Å². The number of aromatic nitrogens is 2. The maximum atomic E-state index is 14.4. The number of thioether (sulfide) groups is 1. The molecule has 5 amide bonds. The highest BCUT2D eigenvalue weighted by molar-refractivity contribution is 7.99. The third-order valence-electron chi connectivity index (χ3n) is 21.8. The number of hydrogen-bond donors (Lipinski definition) is 6. The van der Waals surface area contributed by atoms with E-state index in [0.717, 1.165) is 109 Å². The van der Waals surface area contributed by atoms with Crippen LogP contribution in [-0.4, -0.2) is 228 Å². The molecular weight excluding hydrogens is 1560 g/mol. The van der Waals surface area contributed by atoms with Gasteiger partial charge < -0.3 is 45.8 Å². The molecule has 6 atom stereocenters. The summed E-state index contributed by atoms with van der Waals surface area (Å²) in [5, 5.41) is 22.9. The van der Waals surface area contributed by atoms with Gasteiger partial charge in [-0.25, -0.2) is 31.5 Å². The highest BCUT2D eigenvalue weighted by Gasteiger charge is 2.49. The van der Waals surface area contributed by atoms with Crippen LogP contribution < -0.4 is 35.8 Å². The Balaban J connectivity index is 0.609. The first-order chi connectivity index (χ1) is 54.3. The lowest BCUT2D eigenvalue weighted by Gasteiger charge is -2.44. The minimum Gasteiger partial charge on any atom is -0.391 e. The summed E-state index contributed by atoms with van der Waals surface area (Å²) in [7, 11) is -11.0. The quantitative estimate of drug-likeness (QED) is 0.0249. The number of halogens is 4. The number of rotatable bonds is 28. The molecule has 5 aliphatic rings. The summed E-state index contributed by atoms with van der Waals surface area (Å²) >= 11 is 9.39. The van der Waals surface area contributed by atoms with E-state index in [-0.39, 0.29) is 29.5 Å². The number of hydrogen-bond acceptors (Lipinski definition) is 21. The number of likely N-dealkylation sites (tertiary alicyclic amines) is 1. The molecule has 32 heteroatoms. The van der Waals surface area contributed by atoms with Crippen molar-refractivity contribution in [2.45, 2.75) is 124 Å². The fourth-order valence-electron chi connectivity index (χ4n) is 15.4. The second kappa shape index (κ2) is 36.8. The Kier molecular flexibility index (Phi) is 27.4. The van der Waals surface area contributed by atoms with Crippen LogP contribution >= 0.6 is 34.7 Å². The Labute approximate surface area is 678 Å². The zero-order valence-corrected chi connectivity index (χ0v) is 68.8. The topological polar surface area (TPSA) is 288 Å². The number of anilines is 3. The summed E-state index contributed by atoms with van der Waals surface area (Å²) in [6.07, 6.45) is 3.72. The zero-order valence-electron chi connectivity index (χ0n) is 64.8. The standard InChI is InChI=1S/C82H99ClF3N13O11S4/c1-54(56-12-14-58(15-13-56)74-55(2)89-53-112-74)90-78(104)70-44-65(100)50-99(70)79(105)75(80(3,4)5)92-73(101)48-88-76(102)60-20-27-72(87-47-60)98-38-34-96(35-39-98)52-81(6)30-28-68(57-16-21-62(83)22-17-57)61(46-81)49-95-32-36-97(37-33-95)64-23-18-59(19-24-64)77(103)93-114(108,109)67-25-26-69(71(45-67)113(106,107)82(84,85)86)91-63(29-31-94-40-42-110-43-41-94)51-111-66-10-8-7-9-11-66/h7-27,45,47,53-54,63,65,70,75,91,100H,28-44,46,48-52H2,1-6H3,(H,88,102)(H,90,104)(H,92,101)(H,93,103)/t54-,63+,65+,70-,75+,81?/m0/s1. The number of benzene rings is 5. The van der Waals surface area contributed by atoms with Gasteiger partial charge >= 0.3 is 5.51 Å². The molecule has 4 saturated heterocycles. The molecule has 5 aromatic carbocycles. The number of nitrogens with one attached hydrogen (secondary N) is 5. The van der Waals surface area contributed by atoms with Crippen LogP contribution in [0.25, 0.3) is 16.0 Å². The molecule has 2 aromatic heterocycles. The maximum absolute atomic E-state index is 14.4. The third-order valence-corrected chi connectivity index (χ3v) is 27.1. The molecule has 0 radical (unpaired) electrons. The van der Waals surface area contributed by atoms with E-state index in [2.05, 4.69) is 74.8 Å². The van der Waals surface area contributed by atoms with Gasteiger partial charge in [0.2, 0.25) is 17.7 Å². The largest absolute Gasteiger partial charge is 0.501 e. The first kappa shape index (κ1) is 84.9. The van der Waals surface area contributed by atoms with E-state index in [9.17, 15) is 59.1 Å². The first-order valence-electron chi connectivity index (χ1n) is 38.4. The molecule has 114 heavy (non-hydrogen) atoms. The first-order valence-corrected chi connectivity index (χ1v) is 43.6. The third kappa shape index (κ3) is 21.4. The van der Waals surface area contributed by atoms with E-state index >= 15 is 0 Å². The van der Waals surface area contributed by atoms with Crippen LogP contribution in [0.3, 0.4) is 0 Å². The normalized spacial score (nSPS) is 19.9. The van der Waals surface area contributed by atoms with Crippen LogP contribution in [0.5, 0.6) is 0 Å². The minimum atomic E-state index is -6.12. The Morgan fingerprint density at radius 1 is 0.763 bits per heavy atom. The molecular formula is C82H99ClF3N13O11S4. The lowest BCUT2D eigenvalue weighted by Crippen LogP contribution is -2.58. The fourth-order valence-corrected chi connectivity index (χ4v) is 19.4. The van der Waals surface area contributed by atoms with Gasteiger partial charge in [-0.1, -0.05) is 99.5 Å². The SMILES string of the molecule is Cc1ncsc1-c1ccc([C@H](C)NC(=O)[C@@H]2C[C@@H](O)CN2C(=O)[C@@H](NC(=O)CNC(=O)c2ccc(N3CCN(CC4(C)CCC(c5ccc(Cl)cc5)=C(CN5CCN(c6ccc(C(=O)NS(=O)(=O)c7ccc(N[C@H](CCN8CCOCC8)CSc8ccccc8)c(S(=O)(=O)C(F)(F)F)c7)cc6)CC5)C4)CC3)nc2)C(C)(C)C)cc1. The number of allylic oxidation sites excluding steroid dienone is 1. The van der Waals surface area contributed by atoms with Crippen molar-refractivity contribution in [1.29, 1.82) is 0 Å². The molecule has 6 heterocycles. The summed E-state index contributed by atoms with van der Waals surface area (Å²) < 4.78 is 105. The number of aryl methyl sites for hydroxylation is 1. The fraction of sp³-hybridized carbons (Fsp3) is 0.451. The number of carbonyl (C=O) groups is 5. The molecule has 0 spiro atoms. The number of morpholine rings is 1. The molecule has 24 nitrogen and oxygen atoms in total. The maximum Gasteiger partial charge on any atom is 0.501 e. The van der Waals surface area contributed by atoms with E-state index in [4.69, 9.17) is 16.3 Å². The summed E-state index contributed by atoms with van der Waals surface area (Å²) in [6.45, 7) is 21.3. The average molecular weight is 1660 g/mol. The zero-order chi connectivity index (χ0) is 81.3. The summed E-state index contributed by atoms with van der Waals surface area (Å²) in [6, 6.07) is 34.4. The van der Waals surface area contributed by atoms with Crippen LogP contribution in [0, 0.1) is 17.8 Å². The number of ether oxygens (including phenoxy) is 1. The molecule has 1 aliphatic carbocycles. The van der Waals surface area contributed by atoms with Gasteiger partial charge in [0.15, 0.2) is 0 Å². The highest BCUT2D eigenvalue weighted by atomic mass is 35.5. The number of amides is 5. The number of piperazine rings is 2. The number of thiazole rings is 1. The highest BCUT2D eigenvalue weighted by Crippen LogP contribution is 2.45. The summed E-state index contributed by atoms with van der Waals surface area (Å²) in [4.78, 5) is 90.6. The average Bonchev–Trinajstić information content (AvgIpc) is 0.993. The molecule has 6 N–H and O–H groups in total. The van der Waals surface area contributed by atoms with Gasteiger partial charge in [0.05, 0.1) is 64.1 Å². The van der Waals surface area contributed by atoms with Gasteiger partial charge in [0.25, 0.3) is 31.7 Å². The molecule has 1 unspecified atom stereocenters. The van der Waals surface area contributed by atoms with Gasteiger partial charge in [-0.05, 0) is 151 Å². The molecule has 0 bridgehead atoms. The lowest BCUT2D eigenvalue weighted by molar-refractivity contribution is -0.144.